The minimum absolute atomic E-state index is 0.0820. The molecule has 0 amide bonds. The number of quaternary nitrogens is 1. The third-order valence-electron chi connectivity index (χ3n) is 6.25. The van der Waals surface area contributed by atoms with Gasteiger partial charge in [-0.25, -0.2) is 4.57 Å². The highest BCUT2D eigenvalue weighted by molar-refractivity contribution is 7.47. The summed E-state index contributed by atoms with van der Waals surface area (Å²) in [7, 11) is 1.64. The molecule has 0 aromatic rings. The number of hydrogen-bond donors (Lipinski definition) is 1. The van der Waals surface area contributed by atoms with E-state index in [1.54, 1.807) is 0 Å². The number of unbranched alkanes of at least 4 members (excludes halogenated alkanes) is 10. The number of phosphoric acid groups is 1. The van der Waals surface area contributed by atoms with E-state index in [2.05, 4.69) is 43.4 Å². The molecule has 2 unspecified atom stereocenters. The number of esters is 1. The summed E-state index contributed by atoms with van der Waals surface area (Å²) in [6.07, 6.45) is 29.4. The van der Waals surface area contributed by atoms with Crippen LogP contribution in [0.25, 0.3) is 0 Å². The number of allylic oxidation sites excluding steroid dienone is 6. The number of hydrogen-bond acceptors (Lipinski definition) is 6. The Kier molecular flexibility index (Phi) is 25.5. The molecule has 9 heteroatoms. The van der Waals surface area contributed by atoms with Gasteiger partial charge in [-0.1, -0.05) is 88.3 Å². The zero-order valence-electron chi connectivity index (χ0n) is 26.8. The predicted molar refractivity (Wildman–Crippen MR) is 169 cm³/mol. The molecule has 2 atom stereocenters. The highest BCUT2D eigenvalue weighted by atomic mass is 31.2. The van der Waals surface area contributed by atoms with Crippen molar-refractivity contribution in [1.29, 1.82) is 0 Å². The lowest BCUT2D eigenvalue weighted by atomic mass is 10.1. The first-order valence-corrected chi connectivity index (χ1v) is 17.2. The first-order chi connectivity index (χ1) is 19.6. The first-order valence-electron chi connectivity index (χ1n) is 15.7. The Balaban J connectivity index is 3.75. The number of phosphoric ester groups is 1. The second kappa shape index (κ2) is 26.4. The molecule has 0 bridgehead atoms. The molecule has 0 aliphatic carbocycles. The number of likely N-dealkylation sites (N-methyl/N-ethyl adjacent to an activating group) is 1. The van der Waals surface area contributed by atoms with E-state index in [1.165, 1.54) is 64.7 Å². The Labute approximate surface area is 251 Å². The Morgan fingerprint density at radius 3 is 1.85 bits per heavy atom. The molecule has 0 heterocycles. The quantitative estimate of drug-likeness (QED) is 0.0320. The summed E-state index contributed by atoms with van der Waals surface area (Å²) in [4.78, 5) is 21.2. The lowest BCUT2D eigenvalue weighted by molar-refractivity contribution is -0.870. The molecule has 0 radical (unpaired) electrons. The topological polar surface area (TPSA) is 91.3 Å². The molecule has 1 N–H and O–H groups in total. The zero-order chi connectivity index (χ0) is 30.7. The van der Waals surface area contributed by atoms with Crippen molar-refractivity contribution in [2.45, 2.75) is 110 Å². The minimum Gasteiger partial charge on any atom is -0.458 e. The van der Waals surface area contributed by atoms with Crippen molar-refractivity contribution in [3.8, 4) is 0 Å². The lowest BCUT2D eigenvalue weighted by Crippen LogP contribution is -2.37. The van der Waals surface area contributed by atoms with Crippen LogP contribution in [0.1, 0.15) is 104 Å². The van der Waals surface area contributed by atoms with Crippen molar-refractivity contribution in [3.63, 3.8) is 0 Å². The fraction of sp³-hybridized carbons (Fsp3) is 0.781. The molecule has 41 heavy (non-hydrogen) atoms. The molecule has 0 rings (SSSR count). The molecule has 0 aromatic heterocycles. The molecule has 8 nitrogen and oxygen atoms in total. The highest BCUT2D eigenvalue weighted by Gasteiger charge is 2.25. The number of nitrogens with zero attached hydrogens (tertiary/aromatic N) is 1. The van der Waals surface area contributed by atoms with Crippen LogP contribution in [-0.2, 0) is 27.9 Å². The lowest BCUT2D eigenvalue weighted by Gasteiger charge is -2.24. The Hall–Kier alpha value is -1.28. The van der Waals surface area contributed by atoms with Gasteiger partial charge >= 0.3 is 13.8 Å². The van der Waals surface area contributed by atoms with E-state index in [9.17, 15) is 14.3 Å². The van der Waals surface area contributed by atoms with Gasteiger partial charge in [-0.2, -0.15) is 0 Å². The van der Waals surface area contributed by atoms with Gasteiger partial charge in [-0.05, 0) is 44.9 Å². The van der Waals surface area contributed by atoms with E-state index in [0.29, 0.717) is 17.6 Å². The number of carbonyl (C=O) groups excluding carboxylic acids is 1. The number of carbonyl (C=O) groups is 1. The summed E-state index contributed by atoms with van der Waals surface area (Å²) in [6, 6.07) is 0. The highest BCUT2D eigenvalue weighted by Crippen LogP contribution is 2.43. The maximum Gasteiger partial charge on any atom is 0.472 e. The van der Waals surface area contributed by atoms with Crippen LogP contribution < -0.4 is 0 Å². The molecule has 240 valence electrons. The van der Waals surface area contributed by atoms with E-state index < -0.39 is 19.9 Å². The van der Waals surface area contributed by atoms with Crippen LogP contribution in [0.2, 0.25) is 0 Å². The maximum atomic E-state index is 12.1. The van der Waals surface area contributed by atoms with Crippen LogP contribution in [0.15, 0.2) is 36.5 Å². The molecular formula is C32H61NO7P+. The molecule has 0 aliphatic rings. The summed E-state index contributed by atoms with van der Waals surface area (Å²) in [6.45, 7) is 4.55. The van der Waals surface area contributed by atoms with Crippen molar-refractivity contribution >= 4 is 13.8 Å². The average molecular weight is 603 g/mol. The van der Waals surface area contributed by atoms with Gasteiger partial charge < -0.3 is 18.9 Å². The van der Waals surface area contributed by atoms with Gasteiger partial charge in [0.25, 0.3) is 0 Å². The zero-order valence-corrected chi connectivity index (χ0v) is 27.7. The second-order valence-electron chi connectivity index (χ2n) is 11.6. The van der Waals surface area contributed by atoms with Gasteiger partial charge in [0.1, 0.15) is 19.3 Å². The summed E-state index contributed by atoms with van der Waals surface area (Å²) >= 11 is 0. The molecule has 0 saturated heterocycles. The first kappa shape index (κ1) is 39.7. The number of rotatable bonds is 28. The smallest absolute Gasteiger partial charge is 0.458 e. The molecular weight excluding hydrogens is 541 g/mol. The standard InChI is InChI=1S/C32H60NO7P/c1-6-7-8-9-10-11-12-13-14-15-16-17-18-19-20-21-22-23-24-25-27-37-29-32(40-31(2)34)30-39-41(35,36)38-28-26-33(3,4)5/h10-11,13-14,16-17,32H,6-9,12,15,18-30H2,1-5H3/p+1/b11-10-,14-13-,17-16-. The van der Waals surface area contributed by atoms with Gasteiger partial charge in [0.05, 0.1) is 34.4 Å². The van der Waals surface area contributed by atoms with Crippen LogP contribution in [0.3, 0.4) is 0 Å². The van der Waals surface area contributed by atoms with Gasteiger partial charge in [0, 0.05) is 13.5 Å². The van der Waals surface area contributed by atoms with Crippen LogP contribution in [0.5, 0.6) is 0 Å². The molecule has 0 saturated carbocycles. The normalized spacial score (nSPS) is 14.8. The maximum absolute atomic E-state index is 12.1. The molecule has 0 aromatic carbocycles. The number of ether oxygens (including phenoxy) is 2. The van der Waals surface area contributed by atoms with E-state index in [4.69, 9.17) is 18.5 Å². The summed E-state index contributed by atoms with van der Waals surface area (Å²) < 4.78 is 33.5. The van der Waals surface area contributed by atoms with Crippen LogP contribution in [-0.4, -0.2) is 75.6 Å². The summed E-state index contributed by atoms with van der Waals surface area (Å²) in [5.74, 6) is -0.496. The van der Waals surface area contributed by atoms with Crippen molar-refractivity contribution in [1.82, 2.24) is 0 Å². The predicted octanol–water partition coefficient (Wildman–Crippen LogP) is 7.92. The second-order valence-corrected chi connectivity index (χ2v) is 13.0. The molecule has 0 spiro atoms. The van der Waals surface area contributed by atoms with E-state index in [-0.39, 0.29) is 19.8 Å². The fourth-order valence-corrected chi connectivity index (χ4v) is 4.59. The van der Waals surface area contributed by atoms with Gasteiger partial charge in [0.15, 0.2) is 0 Å². The SMILES string of the molecule is CCCCC/C=C\C/C=C\C/C=C\CCCCCCCCCOCC(COP(=O)(O)OCC[N+](C)(C)C)OC(C)=O. The van der Waals surface area contributed by atoms with Crippen LogP contribution in [0, 0.1) is 0 Å². The Bertz CT molecular complexity index is 762. The van der Waals surface area contributed by atoms with Crippen molar-refractivity contribution < 1.29 is 37.3 Å². The minimum atomic E-state index is -4.22. The van der Waals surface area contributed by atoms with Crippen molar-refractivity contribution in [3.05, 3.63) is 36.5 Å². The van der Waals surface area contributed by atoms with E-state index >= 15 is 0 Å². The van der Waals surface area contributed by atoms with Gasteiger partial charge in [0.2, 0.25) is 0 Å². The fourth-order valence-electron chi connectivity index (χ4n) is 3.85. The van der Waals surface area contributed by atoms with E-state index in [1.807, 2.05) is 21.1 Å². The van der Waals surface area contributed by atoms with Crippen LogP contribution >= 0.6 is 7.82 Å². The summed E-state index contributed by atoms with van der Waals surface area (Å²) in [5.41, 5.74) is 0. The third kappa shape index (κ3) is 31.5. The molecule has 0 aliphatic heterocycles. The summed E-state index contributed by atoms with van der Waals surface area (Å²) in [5, 5.41) is 0. The van der Waals surface area contributed by atoms with Crippen LogP contribution in [0.4, 0.5) is 0 Å². The Morgan fingerprint density at radius 2 is 1.29 bits per heavy atom. The van der Waals surface area contributed by atoms with Crippen molar-refractivity contribution in [2.24, 2.45) is 0 Å². The Morgan fingerprint density at radius 1 is 0.756 bits per heavy atom. The van der Waals surface area contributed by atoms with E-state index in [0.717, 1.165) is 32.1 Å². The largest absolute Gasteiger partial charge is 0.472 e. The van der Waals surface area contributed by atoms with Gasteiger partial charge in [-0.3, -0.25) is 13.8 Å². The molecule has 0 fully saturated rings. The third-order valence-corrected chi connectivity index (χ3v) is 7.24. The monoisotopic (exact) mass is 602 g/mol. The van der Waals surface area contributed by atoms with Crippen molar-refractivity contribution in [2.75, 3.05) is 54.1 Å². The van der Waals surface area contributed by atoms with Gasteiger partial charge in [-0.15, -0.1) is 0 Å². The average Bonchev–Trinajstić information content (AvgIpc) is 2.89.